The van der Waals surface area contributed by atoms with Crippen LogP contribution in [0.3, 0.4) is 0 Å². The van der Waals surface area contributed by atoms with E-state index < -0.39 is 0 Å². The molecule has 0 saturated heterocycles. The van der Waals surface area contributed by atoms with Gasteiger partial charge in [-0.3, -0.25) is 0 Å². The van der Waals surface area contributed by atoms with Gasteiger partial charge in [-0.05, 0) is 27.7 Å². The Morgan fingerprint density at radius 3 is 1.18 bits per heavy atom. The molecule has 0 radical (unpaired) electrons. The molecule has 0 atom stereocenters. The minimum atomic E-state index is 0. The Morgan fingerprint density at radius 2 is 1.18 bits per heavy atom. The van der Waals surface area contributed by atoms with Crippen LogP contribution in [0.25, 0.3) is 0 Å². The molecule has 0 nitrogen and oxygen atoms in total. The van der Waals surface area contributed by atoms with Gasteiger partial charge in [0.1, 0.15) is 0 Å². The van der Waals surface area contributed by atoms with Crippen molar-refractivity contribution in [2.24, 2.45) is 0 Å². The van der Waals surface area contributed by atoms with Gasteiger partial charge < -0.3 is 6.92 Å². The van der Waals surface area contributed by atoms with Gasteiger partial charge in [0, 0.05) is 0 Å². The number of hydrogen-bond donors (Lipinski definition) is 0. The second-order valence-electron chi connectivity index (χ2n) is 2.85. The molecule has 0 N–H and O–H groups in total. The zero-order chi connectivity index (χ0) is 8.57. The molecule has 0 aliphatic carbocycles. The maximum Gasteiger partial charge on any atom is 1.00 e. The number of unbranched alkanes of at least 4 members (excludes halogenated alkanes) is 1. The minimum absolute atomic E-state index is 0. The number of hydrogen-bond acceptors (Lipinski definition) is 0. The third kappa shape index (κ3) is 25.2. The quantitative estimate of drug-likeness (QED) is 0.295. The van der Waals surface area contributed by atoms with Crippen LogP contribution >= 0.6 is 0 Å². The van der Waals surface area contributed by atoms with E-state index in [1.807, 2.05) is 0 Å². The molecule has 0 aromatic heterocycles. The van der Waals surface area contributed by atoms with E-state index in [0.717, 1.165) is 6.42 Å². The van der Waals surface area contributed by atoms with E-state index >= 15 is 0 Å². The van der Waals surface area contributed by atoms with Crippen molar-refractivity contribution in [3.05, 3.63) is 18.1 Å². The summed E-state index contributed by atoms with van der Waals surface area (Å²) in [5, 5.41) is 0. The summed E-state index contributed by atoms with van der Waals surface area (Å²) < 4.78 is 0. The molecule has 0 fully saturated rings. The second kappa shape index (κ2) is 13.0. The van der Waals surface area contributed by atoms with E-state index in [4.69, 9.17) is 0 Å². The third-order valence-corrected chi connectivity index (χ3v) is 1.35. The van der Waals surface area contributed by atoms with Crippen molar-refractivity contribution in [3.8, 4) is 0 Å². The molecule has 0 unspecified atom stereocenters. The predicted molar refractivity (Wildman–Crippen MR) is 50.0 cm³/mol. The standard InChI is InChI=1S/C6H12.C4H9.Li/c1-5(2)6(3)4;1-3-4-2;/h1-4H3;1,3-4H2,2H3;/q;-1;+1. The monoisotopic (exact) mass is 148 g/mol. The summed E-state index contributed by atoms with van der Waals surface area (Å²) in [5.41, 5.74) is 2.85. The van der Waals surface area contributed by atoms with Crippen LogP contribution < -0.4 is 18.9 Å². The third-order valence-electron chi connectivity index (χ3n) is 1.35. The molecule has 0 aliphatic rings. The summed E-state index contributed by atoms with van der Waals surface area (Å²) in [6, 6.07) is 0. The maximum absolute atomic E-state index is 3.60. The van der Waals surface area contributed by atoms with Gasteiger partial charge in [-0.1, -0.05) is 24.5 Å². The minimum Gasteiger partial charge on any atom is -0.343 e. The van der Waals surface area contributed by atoms with Gasteiger partial charge in [-0.15, -0.1) is 0 Å². The zero-order valence-electron chi connectivity index (χ0n) is 9.12. The van der Waals surface area contributed by atoms with Crippen LogP contribution in [0.1, 0.15) is 47.5 Å². The average Bonchev–Trinajstić information content (AvgIpc) is 1.89. The molecule has 0 aromatic rings. The largest absolute Gasteiger partial charge is 1.00 e. The fourth-order valence-corrected chi connectivity index (χ4v) is 0. The molecule has 0 rings (SSSR count). The van der Waals surface area contributed by atoms with Crippen molar-refractivity contribution >= 4 is 0 Å². The van der Waals surface area contributed by atoms with Crippen LogP contribution in [0.15, 0.2) is 11.1 Å². The van der Waals surface area contributed by atoms with E-state index in [-0.39, 0.29) is 18.9 Å². The average molecular weight is 148 g/mol. The molecule has 62 valence electrons. The van der Waals surface area contributed by atoms with Crippen molar-refractivity contribution in [1.82, 2.24) is 0 Å². The first-order valence-electron chi connectivity index (χ1n) is 3.96. The van der Waals surface area contributed by atoms with Gasteiger partial charge in [-0.2, -0.15) is 6.42 Å². The van der Waals surface area contributed by atoms with Gasteiger partial charge in [0.15, 0.2) is 0 Å². The van der Waals surface area contributed by atoms with Gasteiger partial charge in [0.05, 0.1) is 0 Å². The molecule has 11 heavy (non-hydrogen) atoms. The summed E-state index contributed by atoms with van der Waals surface area (Å²) in [4.78, 5) is 0. The van der Waals surface area contributed by atoms with Crippen LogP contribution in [0.4, 0.5) is 0 Å². The molecular weight excluding hydrogens is 127 g/mol. The molecule has 0 aliphatic heterocycles. The fourth-order valence-electron chi connectivity index (χ4n) is 0. The second-order valence-corrected chi connectivity index (χ2v) is 2.85. The van der Waals surface area contributed by atoms with Crippen molar-refractivity contribution in [2.45, 2.75) is 47.5 Å². The first-order valence-corrected chi connectivity index (χ1v) is 3.96. The predicted octanol–water partition coefficient (Wildman–Crippen LogP) is 0.987. The zero-order valence-corrected chi connectivity index (χ0v) is 9.12. The van der Waals surface area contributed by atoms with Gasteiger partial charge in [-0.25, -0.2) is 0 Å². The van der Waals surface area contributed by atoms with Crippen molar-refractivity contribution < 1.29 is 18.9 Å². The van der Waals surface area contributed by atoms with E-state index in [1.165, 1.54) is 17.6 Å². The van der Waals surface area contributed by atoms with E-state index in [0.29, 0.717) is 0 Å². The van der Waals surface area contributed by atoms with Gasteiger partial charge >= 0.3 is 18.9 Å². The number of rotatable bonds is 1. The Labute approximate surface area is 84.6 Å². The Hall–Kier alpha value is 0.337. The summed E-state index contributed by atoms with van der Waals surface area (Å²) in [6.07, 6.45) is 2.28. The topological polar surface area (TPSA) is 0 Å². The fraction of sp³-hybridized carbons (Fsp3) is 0.700. The molecule has 0 bridgehead atoms. The van der Waals surface area contributed by atoms with E-state index in [1.54, 1.807) is 0 Å². The Morgan fingerprint density at radius 1 is 1.00 bits per heavy atom. The molecular formula is C10H21Li. The van der Waals surface area contributed by atoms with Crippen LogP contribution in [0, 0.1) is 6.92 Å². The van der Waals surface area contributed by atoms with Gasteiger partial charge in [0.25, 0.3) is 0 Å². The van der Waals surface area contributed by atoms with Crippen molar-refractivity contribution in [3.63, 3.8) is 0 Å². The summed E-state index contributed by atoms with van der Waals surface area (Å²) >= 11 is 0. The molecule has 0 spiro atoms. The first kappa shape index (κ1) is 17.4. The van der Waals surface area contributed by atoms with Crippen molar-refractivity contribution in [1.29, 1.82) is 0 Å². The first-order chi connectivity index (χ1) is 4.56. The molecule has 1 heteroatoms. The smallest absolute Gasteiger partial charge is 0.343 e. The molecule has 0 amide bonds. The Balaban J connectivity index is -0.000000114. The normalized spacial score (nSPS) is 7.09. The summed E-state index contributed by atoms with van der Waals surface area (Å²) in [7, 11) is 0. The summed E-state index contributed by atoms with van der Waals surface area (Å²) in [6.45, 7) is 14.2. The van der Waals surface area contributed by atoms with Crippen LogP contribution in [-0.4, -0.2) is 0 Å². The maximum atomic E-state index is 3.60. The van der Waals surface area contributed by atoms with Crippen LogP contribution in [0.2, 0.25) is 0 Å². The SMILES string of the molecule is CC(C)=C(C)C.[CH2-]CCC.[Li+]. The molecule has 0 saturated carbocycles. The van der Waals surface area contributed by atoms with E-state index in [9.17, 15) is 0 Å². The van der Waals surface area contributed by atoms with Crippen molar-refractivity contribution in [2.75, 3.05) is 0 Å². The van der Waals surface area contributed by atoms with Gasteiger partial charge in [0.2, 0.25) is 0 Å². The van der Waals surface area contributed by atoms with Crippen LogP contribution in [-0.2, 0) is 0 Å². The summed E-state index contributed by atoms with van der Waals surface area (Å²) in [5.74, 6) is 0. The number of allylic oxidation sites excluding steroid dienone is 2. The van der Waals surface area contributed by atoms with Crippen LogP contribution in [0.5, 0.6) is 0 Å². The molecule has 0 heterocycles. The Bertz CT molecular complexity index is 73.0. The van der Waals surface area contributed by atoms with E-state index in [2.05, 4.69) is 41.5 Å². The Kier molecular flexibility index (Phi) is 20.5. The molecule has 0 aromatic carbocycles.